The number of carbonyl (C=O) groups is 1. The molecule has 1 amide bonds. The molecule has 3 aromatic carbocycles. The van der Waals surface area contributed by atoms with Crippen molar-refractivity contribution in [2.45, 2.75) is 20.4 Å². The van der Waals surface area contributed by atoms with Crippen molar-refractivity contribution in [3.63, 3.8) is 0 Å². The van der Waals surface area contributed by atoms with E-state index >= 15 is 0 Å². The predicted octanol–water partition coefficient (Wildman–Crippen LogP) is 6.35. The molecule has 4 nitrogen and oxygen atoms in total. The normalized spacial score (nSPS) is 10.5. The number of anilines is 2. The van der Waals surface area contributed by atoms with Crippen LogP contribution in [0, 0.1) is 13.8 Å². The predicted molar refractivity (Wildman–Crippen MR) is 123 cm³/mol. The van der Waals surface area contributed by atoms with Crippen LogP contribution in [0.15, 0.2) is 65.1 Å². The van der Waals surface area contributed by atoms with Gasteiger partial charge in [-0.25, -0.2) is 0 Å². The first kappa shape index (κ1) is 21.2. The van der Waals surface area contributed by atoms with Crippen molar-refractivity contribution in [3.8, 4) is 5.75 Å². The number of benzene rings is 3. The minimum atomic E-state index is -0.195. The van der Waals surface area contributed by atoms with Gasteiger partial charge in [0, 0.05) is 22.9 Å². The van der Waals surface area contributed by atoms with Gasteiger partial charge in [0.25, 0.3) is 5.91 Å². The third-order valence-corrected chi connectivity index (χ3v) is 5.23. The molecular formula is C23H22BrClN2O2. The molecule has 0 atom stereocenters. The van der Waals surface area contributed by atoms with Gasteiger partial charge < -0.3 is 15.4 Å². The number of rotatable bonds is 7. The van der Waals surface area contributed by atoms with Crippen molar-refractivity contribution in [3.05, 3.63) is 86.8 Å². The Morgan fingerprint density at radius 1 is 1.03 bits per heavy atom. The Morgan fingerprint density at radius 2 is 1.79 bits per heavy atom. The van der Waals surface area contributed by atoms with E-state index in [0.29, 0.717) is 17.3 Å². The first-order valence-corrected chi connectivity index (χ1v) is 10.4. The van der Waals surface area contributed by atoms with Crippen LogP contribution in [-0.2, 0) is 11.3 Å². The van der Waals surface area contributed by atoms with E-state index < -0.39 is 0 Å². The quantitative estimate of drug-likeness (QED) is 0.420. The highest BCUT2D eigenvalue weighted by atomic mass is 79.9. The highest BCUT2D eigenvalue weighted by molar-refractivity contribution is 9.10. The maximum Gasteiger partial charge on any atom is 0.262 e. The molecule has 0 radical (unpaired) electrons. The summed E-state index contributed by atoms with van der Waals surface area (Å²) in [6.45, 7) is 4.55. The molecule has 0 aliphatic carbocycles. The van der Waals surface area contributed by atoms with Gasteiger partial charge in [-0.3, -0.25) is 4.79 Å². The van der Waals surface area contributed by atoms with E-state index in [1.165, 1.54) is 0 Å². The standard InChI is InChI=1S/C23H22BrClN2O2/c1-15-3-4-16(2)21(11-15)27-23(28)14-29-22-10-5-17(12-20(22)24)13-26-19-8-6-18(25)7-9-19/h3-12,26H,13-14H2,1-2H3,(H,27,28). The molecule has 0 spiro atoms. The monoisotopic (exact) mass is 472 g/mol. The van der Waals surface area contributed by atoms with Crippen molar-refractivity contribution < 1.29 is 9.53 Å². The summed E-state index contributed by atoms with van der Waals surface area (Å²) in [6, 6.07) is 19.3. The van der Waals surface area contributed by atoms with E-state index in [1.807, 2.05) is 74.5 Å². The van der Waals surface area contributed by atoms with Crippen LogP contribution in [0.5, 0.6) is 5.75 Å². The van der Waals surface area contributed by atoms with Crippen LogP contribution in [0.1, 0.15) is 16.7 Å². The zero-order valence-corrected chi connectivity index (χ0v) is 18.6. The summed E-state index contributed by atoms with van der Waals surface area (Å²) in [4.78, 5) is 12.2. The fraction of sp³-hybridized carbons (Fsp3) is 0.174. The van der Waals surface area contributed by atoms with Gasteiger partial charge in [0.1, 0.15) is 5.75 Å². The van der Waals surface area contributed by atoms with Crippen molar-refractivity contribution in [1.29, 1.82) is 0 Å². The van der Waals surface area contributed by atoms with Crippen molar-refractivity contribution >= 4 is 44.8 Å². The number of ether oxygens (including phenoxy) is 1. The molecule has 0 aliphatic heterocycles. The van der Waals surface area contributed by atoms with Gasteiger partial charge in [-0.1, -0.05) is 29.8 Å². The lowest BCUT2D eigenvalue weighted by Gasteiger charge is -2.12. The molecule has 3 aromatic rings. The molecule has 6 heteroatoms. The molecule has 0 bridgehead atoms. The number of hydrogen-bond donors (Lipinski definition) is 2. The number of carbonyl (C=O) groups excluding carboxylic acids is 1. The summed E-state index contributed by atoms with van der Waals surface area (Å²) in [5, 5.41) is 6.94. The van der Waals surface area contributed by atoms with E-state index in [9.17, 15) is 4.79 Å². The lowest BCUT2D eigenvalue weighted by atomic mass is 10.1. The molecule has 0 unspecified atom stereocenters. The van der Waals surface area contributed by atoms with Gasteiger partial charge in [0.15, 0.2) is 6.61 Å². The van der Waals surface area contributed by atoms with Gasteiger partial charge in [-0.15, -0.1) is 0 Å². The van der Waals surface area contributed by atoms with E-state index in [0.717, 1.165) is 32.5 Å². The Bertz CT molecular complexity index is 1010. The molecular weight excluding hydrogens is 452 g/mol. The lowest BCUT2D eigenvalue weighted by Crippen LogP contribution is -2.20. The van der Waals surface area contributed by atoms with E-state index in [1.54, 1.807) is 0 Å². The zero-order valence-electron chi connectivity index (χ0n) is 16.3. The average molecular weight is 474 g/mol. The van der Waals surface area contributed by atoms with Crippen LogP contribution in [-0.4, -0.2) is 12.5 Å². The van der Waals surface area contributed by atoms with Crippen LogP contribution < -0.4 is 15.4 Å². The topological polar surface area (TPSA) is 50.4 Å². The smallest absolute Gasteiger partial charge is 0.262 e. The Hall–Kier alpha value is -2.50. The number of amides is 1. The van der Waals surface area contributed by atoms with Gasteiger partial charge >= 0.3 is 0 Å². The van der Waals surface area contributed by atoms with Crippen LogP contribution in [0.25, 0.3) is 0 Å². The second-order valence-electron chi connectivity index (χ2n) is 6.78. The van der Waals surface area contributed by atoms with Crippen LogP contribution in [0.2, 0.25) is 5.02 Å². The Kier molecular flexibility index (Phi) is 7.18. The van der Waals surface area contributed by atoms with Crippen LogP contribution in [0.4, 0.5) is 11.4 Å². The molecule has 2 N–H and O–H groups in total. The summed E-state index contributed by atoms with van der Waals surface area (Å²) in [6.07, 6.45) is 0. The molecule has 0 fully saturated rings. The molecule has 150 valence electrons. The maximum atomic E-state index is 12.2. The second kappa shape index (κ2) is 9.81. The molecule has 0 saturated heterocycles. The summed E-state index contributed by atoms with van der Waals surface area (Å²) < 4.78 is 6.48. The number of aryl methyl sites for hydroxylation is 2. The fourth-order valence-corrected chi connectivity index (χ4v) is 3.41. The molecule has 29 heavy (non-hydrogen) atoms. The van der Waals surface area contributed by atoms with E-state index in [4.69, 9.17) is 16.3 Å². The third-order valence-electron chi connectivity index (χ3n) is 4.36. The van der Waals surface area contributed by atoms with Crippen LogP contribution in [0.3, 0.4) is 0 Å². The van der Waals surface area contributed by atoms with Crippen molar-refractivity contribution in [2.75, 3.05) is 17.2 Å². The van der Waals surface area contributed by atoms with E-state index in [2.05, 4.69) is 26.6 Å². The highest BCUT2D eigenvalue weighted by Crippen LogP contribution is 2.27. The number of nitrogens with one attached hydrogen (secondary N) is 2. The summed E-state index contributed by atoms with van der Waals surface area (Å²) in [5.74, 6) is 0.426. The first-order valence-electron chi connectivity index (χ1n) is 9.18. The second-order valence-corrected chi connectivity index (χ2v) is 8.07. The summed E-state index contributed by atoms with van der Waals surface area (Å²) in [7, 11) is 0. The van der Waals surface area contributed by atoms with Gasteiger partial charge in [0.05, 0.1) is 4.47 Å². The Labute approximate surface area is 184 Å². The van der Waals surface area contributed by atoms with Gasteiger partial charge in [-0.2, -0.15) is 0 Å². The SMILES string of the molecule is Cc1ccc(C)c(NC(=O)COc2ccc(CNc3ccc(Cl)cc3)cc2Br)c1. The van der Waals surface area contributed by atoms with Gasteiger partial charge in [-0.05, 0) is 88.9 Å². The largest absolute Gasteiger partial charge is 0.483 e. The van der Waals surface area contributed by atoms with Crippen LogP contribution >= 0.6 is 27.5 Å². The van der Waals surface area contributed by atoms with Crippen molar-refractivity contribution in [2.24, 2.45) is 0 Å². The average Bonchev–Trinajstić information content (AvgIpc) is 2.69. The highest BCUT2D eigenvalue weighted by Gasteiger charge is 2.09. The fourth-order valence-electron chi connectivity index (χ4n) is 2.74. The molecule has 0 heterocycles. The minimum absolute atomic E-state index is 0.0612. The molecule has 0 aromatic heterocycles. The third kappa shape index (κ3) is 6.24. The summed E-state index contributed by atoms with van der Waals surface area (Å²) in [5.41, 5.74) is 4.99. The first-order chi connectivity index (χ1) is 13.9. The number of halogens is 2. The molecule has 3 rings (SSSR count). The van der Waals surface area contributed by atoms with Crippen molar-refractivity contribution in [1.82, 2.24) is 0 Å². The lowest BCUT2D eigenvalue weighted by molar-refractivity contribution is -0.118. The number of hydrogen-bond acceptors (Lipinski definition) is 3. The maximum absolute atomic E-state index is 12.2. The molecule has 0 saturated carbocycles. The molecule has 0 aliphatic rings. The van der Waals surface area contributed by atoms with Gasteiger partial charge in [0.2, 0.25) is 0 Å². The Morgan fingerprint density at radius 3 is 2.52 bits per heavy atom. The van der Waals surface area contributed by atoms with E-state index in [-0.39, 0.29) is 12.5 Å². The Balaban J connectivity index is 1.54. The summed E-state index contributed by atoms with van der Waals surface area (Å²) >= 11 is 9.42. The minimum Gasteiger partial charge on any atom is -0.483 e. The zero-order chi connectivity index (χ0) is 20.8.